The van der Waals surface area contributed by atoms with Gasteiger partial charge in [-0.25, -0.2) is 4.98 Å². The fraction of sp³-hybridized carbons (Fsp3) is 0.379. The quantitative estimate of drug-likeness (QED) is 0.350. The van der Waals surface area contributed by atoms with Crippen molar-refractivity contribution in [2.75, 3.05) is 13.1 Å². The van der Waals surface area contributed by atoms with Crippen LogP contribution >= 0.6 is 0 Å². The van der Waals surface area contributed by atoms with Crippen molar-refractivity contribution in [1.82, 2.24) is 34.7 Å². The lowest BCUT2D eigenvalue weighted by atomic mass is 9.97. The number of rotatable bonds is 6. The summed E-state index contributed by atoms with van der Waals surface area (Å²) in [5.41, 5.74) is 8.72. The van der Waals surface area contributed by atoms with E-state index in [9.17, 15) is 0 Å². The summed E-state index contributed by atoms with van der Waals surface area (Å²) in [5, 5.41) is 12.1. The summed E-state index contributed by atoms with van der Waals surface area (Å²) in [6.07, 6.45) is 6.32. The molecule has 4 heterocycles. The number of hydrogen-bond acceptors (Lipinski definition) is 4. The number of nitrogens with one attached hydrogen (secondary N) is 2. The van der Waals surface area contributed by atoms with E-state index in [2.05, 4.69) is 75.1 Å². The van der Waals surface area contributed by atoms with Gasteiger partial charge in [-0.2, -0.15) is 14.9 Å². The first-order chi connectivity index (χ1) is 18.1. The van der Waals surface area contributed by atoms with E-state index in [0.717, 1.165) is 66.6 Å². The molecular formula is C29H33N8+. The summed E-state index contributed by atoms with van der Waals surface area (Å²) in [4.78, 5) is 12.5. The Kier molecular flexibility index (Phi) is 5.25. The van der Waals surface area contributed by atoms with Gasteiger partial charge in [-0.15, -0.1) is 0 Å². The lowest BCUT2D eigenvalue weighted by Gasteiger charge is -2.25. The molecule has 0 spiro atoms. The van der Waals surface area contributed by atoms with Crippen LogP contribution in [0.4, 0.5) is 0 Å². The highest BCUT2D eigenvalue weighted by Crippen LogP contribution is 2.45. The molecule has 0 unspecified atom stereocenters. The molecule has 2 aromatic carbocycles. The van der Waals surface area contributed by atoms with Gasteiger partial charge in [0.25, 0.3) is 5.82 Å². The van der Waals surface area contributed by atoms with E-state index in [1.165, 1.54) is 40.7 Å². The summed E-state index contributed by atoms with van der Waals surface area (Å²) >= 11 is 0. The van der Waals surface area contributed by atoms with E-state index in [1.807, 2.05) is 17.9 Å². The largest absolute Gasteiger partial charge is 0.330 e. The molecule has 0 bridgehead atoms. The van der Waals surface area contributed by atoms with Gasteiger partial charge in [-0.1, -0.05) is 25.1 Å². The van der Waals surface area contributed by atoms with Crippen molar-refractivity contribution in [1.29, 1.82) is 0 Å². The van der Waals surface area contributed by atoms with Crippen LogP contribution in [0.3, 0.4) is 0 Å². The average Bonchev–Trinajstić information content (AvgIpc) is 3.39. The number of aryl methyl sites for hydroxylation is 1. The molecule has 3 aromatic heterocycles. The van der Waals surface area contributed by atoms with Gasteiger partial charge in [-0.05, 0) is 59.6 Å². The van der Waals surface area contributed by atoms with Crippen molar-refractivity contribution in [3.63, 3.8) is 0 Å². The first-order valence-corrected chi connectivity index (χ1v) is 13.4. The molecule has 8 nitrogen and oxygen atoms in total. The third kappa shape index (κ3) is 3.87. The molecule has 8 heteroatoms. The topological polar surface area (TPSA) is 82.3 Å². The minimum Gasteiger partial charge on any atom is -0.330 e. The van der Waals surface area contributed by atoms with Crippen molar-refractivity contribution in [3.05, 3.63) is 70.9 Å². The maximum absolute atomic E-state index is 5.01. The molecule has 0 atom stereocenters. The fourth-order valence-corrected chi connectivity index (χ4v) is 5.85. The smallest absolute Gasteiger partial charge is 0.323 e. The highest BCUT2D eigenvalue weighted by Gasteiger charge is 2.30. The van der Waals surface area contributed by atoms with Crippen molar-refractivity contribution >= 4 is 10.9 Å². The molecule has 7 rings (SSSR count). The van der Waals surface area contributed by atoms with Gasteiger partial charge in [0.1, 0.15) is 12.9 Å². The maximum atomic E-state index is 5.01. The van der Waals surface area contributed by atoms with Crippen LogP contribution in [-0.2, 0) is 33.5 Å². The van der Waals surface area contributed by atoms with Crippen LogP contribution in [0.15, 0.2) is 42.6 Å². The Morgan fingerprint density at radius 3 is 2.65 bits per heavy atom. The molecule has 0 saturated heterocycles. The maximum Gasteiger partial charge on any atom is 0.323 e. The minimum atomic E-state index is 0.648. The Labute approximate surface area is 216 Å². The van der Waals surface area contributed by atoms with Gasteiger partial charge in [0.05, 0.1) is 29.5 Å². The average molecular weight is 494 g/mol. The zero-order valence-electron chi connectivity index (χ0n) is 21.8. The number of nitrogens with zero attached hydrogens (tertiary/aromatic N) is 6. The Hall–Kier alpha value is -3.78. The normalized spacial score (nSPS) is 16.0. The minimum absolute atomic E-state index is 0.648. The van der Waals surface area contributed by atoms with Crippen molar-refractivity contribution in [2.24, 2.45) is 14.1 Å². The molecule has 1 aliphatic heterocycles. The van der Waals surface area contributed by atoms with Crippen LogP contribution in [0.1, 0.15) is 54.0 Å². The molecule has 37 heavy (non-hydrogen) atoms. The molecule has 2 N–H and O–H groups in total. The lowest BCUT2D eigenvalue weighted by Crippen LogP contribution is -2.34. The third-order valence-electron chi connectivity index (χ3n) is 8.19. The second-order valence-electron chi connectivity index (χ2n) is 10.6. The molecule has 5 aromatic rings. The summed E-state index contributed by atoms with van der Waals surface area (Å²) in [6, 6.07) is 13.0. The number of hydrogen-bond donors (Lipinski definition) is 2. The van der Waals surface area contributed by atoms with Gasteiger partial charge in [0, 0.05) is 43.1 Å². The van der Waals surface area contributed by atoms with Crippen LogP contribution in [-0.4, -0.2) is 47.8 Å². The second kappa shape index (κ2) is 8.66. The van der Waals surface area contributed by atoms with E-state index in [-0.39, 0.29) is 0 Å². The Balaban J connectivity index is 1.16. The van der Waals surface area contributed by atoms with Crippen LogP contribution in [0, 0.1) is 0 Å². The first-order valence-electron chi connectivity index (χ1n) is 13.4. The van der Waals surface area contributed by atoms with E-state index >= 15 is 0 Å². The van der Waals surface area contributed by atoms with Crippen molar-refractivity contribution < 1.29 is 4.68 Å². The van der Waals surface area contributed by atoms with Gasteiger partial charge in [-0.3, -0.25) is 10.00 Å². The number of benzene rings is 2. The predicted octanol–water partition coefficient (Wildman–Crippen LogP) is 4.02. The Morgan fingerprint density at radius 2 is 1.86 bits per heavy atom. The van der Waals surface area contributed by atoms with Crippen LogP contribution in [0.2, 0.25) is 0 Å². The van der Waals surface area contributed by atoms with Gasteiger partial charge in [0.15, 0.2) is 0 Å². The molecule has 0 radical (unpaired) electrons. The number of fused-ring (bicyclic) bond motifs is 2. The number of imidazole rings is 1. The summed E-state index contributed by atoms with van der Waals surface area (Å²) < 4.78 is 4.32. The lowest BCUT2D eigenvalue weighted by molar-refractivity contribution is -0.734. The molecule has 0 amide bonds. The second-order valence-corrected chi connectivity index (χ2v) is 10.6. The summed E-state index contributed by atoms with van der Waals surface area (Å²) in [7, 11) is 4.19. The van der Waals surface area contributed by atoms with Crippen molar-refractivity contribution in [3.8, 4) is 22.8 Å². The number of H-pyrrole nitrogens is 2. The van der Waals surface area contributed by atoms with Crippen LogP contribution < -0.4 is 4.68 Å². The summed E-state index contributed by atoms with van der Waals surface area (Å²) in [6.45, 7) is 5.38. The number of aromatic amines is 2. The molecule has 2 aliphatic rings. The van der Waals surface area contributed by atoms with Crippen molar-refractivity contribution in [2.45, 2.75) is 45.1 Å². The molecule has 1 aliphatic carbocycles. The number of likely N-dealkylation sites (N-methyl/N-ethyl adjacent to an activating group) is 1. The third-order valence-corrected chi connectivity index (χ3v) is 8.19. The van der Waals surface area contributed by atoms with E-state index in [1.54, 1.807) is 0 Å². The zero-order valence-corrected chi connectivity index (χ0v) is 21.8. The van der Waals surface area contributed by atoms with Crippen LogP contribution in [0.25, 0.3) is 33.7 Å². The van der Waals surface area contributed by atoms with E-state index in [0.29, 0.717) is 5.92 Å². The molecule has 188 valence electrons. The molecular weight excluding hydrogens is 460 g/mol. The Bertz CT molecular complexity index is 1600. The van der Waals surface area contributed by atoms with E-state index < -0.39 is 0 Å². The van der Waals surface area contributed by atoms with Gasteiger partial charge >= 0.3 is 5.82 Å². The number of aromatic nitrogens is 7. The standard InChI is InChI=1S/C29H32N8/c1-4-37-14-13-24-25(17-37)35(2)29(31-24)20-9-7-19(8-10-20)28-32-26(36(3)34-28)15-21-11-12-23-22(16-30-33-23)27(21)18-5-6-18/h7-12,16,18H,4-6,13-15,17H2,1-3H3,(H,30,33)/p+1. The highest BCUT2D eigenvalue weighted by molar-refractivity contribution is 5.84. The highest BCUT2D eigenvalue weighted by atomic mass is 15.3. The van der Waals surface area contributed by atoms with Gasteiger partial charge in [0.2, 0.25) is 0 Å². The van der Waals surface area contributed by atoms with E-state index in [4.69, 9.17) is 9.97 Å². The molecule has 1 saturated carbocycles. The summed E-state index contributed by atoms with van der Waals surface area (Å²) in [5.74, 6) is 3.61. The first kappa shape index (κ1) is 22.4. The van der Waals surface area contributed by atoms with Gasteiger partial charge < -0.3 is 4.57 Å². The SMILES string of the molecule is CCN1CCc2nc(-c3ccc(-c4nc(Cc5ccc6[nH]ncc6c5C5CC5)[n+](C)[nH]4)cc3)n(C)c2C1. The fourth-order valence-electron chi connectivity index (χ4n) is 5.85. The Morgan fingerprint density at radius 1 is 1.05 bits per heavy atom. The predicted molar refractivity (Wildman–Crippen MR) is 143 cm³/mol. The van der Waals surface area contributed by atoms with Crippen LogP contribution in [0.5, 0.6) is 0 Å². The monoisotopic (exact) mass is 493 g/mol. The molecule has 1 fully saturated rings. The zero-order chi connectivity index (χ0) is 25.1.